The summed E-state index contributed by atoms with van der Waals surface area (Å²) in [5, 5.41) is 3.48. The summed E-state index contributed by atoms with van der Waals surface area (Å²) in [4.78, 5) is 0. The van der Waals surface area contributed by atoms with E-state index in [9.17, 15) is 0 Å². The third-order valence-electron chi connectivity index (χ3n) is 4.72. The second-order valence-electron chi connectivity index (χ2n) is 6.58. The fourth-order valence-corrected chi connectivity index (χ4v) is 3.26. The molecule has 1 aliphatic heterocycles. The fraction of sp³-hybridized carbons (Fsp3) is 0.647. The van der Waals surface area contributed by atoms with Gasteiger partial charge in [0.25, 0.3) is 0 Å². The zero-order valence-corrected chi connectivity index (χ0v) is 12.2. The molecule has 1 saturated carbocycles. The Morgan fingerprint density at radius 1 is 1.26 bits per heavy atom. The maximum atomic E-state index is 6.32. The van der Waals surface area contributed by atoms with Gasteiger partial charge in [-0.2, -0.15) is 0 Å². The van der Waals surface area contributed by atoms with E-state index < -0.39 is 0 Å². The number of hydrogen-bond donors (Lipinski definition) is 1. The molecule has 0 atom stereocenters. The van der Waals surface area contributed by atoms with Gasteiger partial charge in [-0.1, -0.05) is 13.0 Å². The number of ether oxygens (including phenoxy) is 1. The molecule has 19 heavy (non-hydrogen) atoms. The highest BCUT2D eigenvalue weighted by Crippen LogP contribution is 2.36. The molecule has 2 heteroatoms. The van der Waals surface area contributed by atoms with Gasteiger partial charge < -0.3 is 10.1 Å². The lowest BCUT2D eigenvalue weighted by atomic mass is 9.80. The van der Waals surface area contributed by atoms with Gasteiger partial charge in [0.15, 0.2) is 0 Å². The predicted octanol–water partition coefficient (Wildman–Crippen LogP) is 4.39. The van der Waals surface area contributed by atoms with Crippen LogP contribution in [0, 0.1) is 5.92 Å². The number of anilines is 1. The Hall–Kier alpha value is -1.18. The molecule has 1 aromatic carbocycles. The second-order valence-corrected chi connectivity index (χ2v) is 6.58. The molecule has 0 unspecified atom stereocenters. The first-order valence-electron chi connectivity index (χ1n) is 7.70. The number of nitrogens with one attached hydrogen (secondary N) is 1. The molecule has 2 aliphatic rings. The molecule has 0 aromatic heterocycles. The molecule has 1 aliphatic carbocycles. The van der Waals surface area contributed by atoms with Crippen LogP contribution in [0.25, 0.3) is 0 Å². The van der Waals surface area contributed by atoms with E-state index in [0.29, 0.717) is 0 Å². The van der Waals surface area contributed by atoms with Gasteiger partial charge in [-0.15, -0.1) is 0 Å². The Morgan fingerprint density at radius 3 is 2.84 bits per heavy atom. The smallest absolute Gasteiger partial charge is 0.122 e. The summed E-state index contributed by atoms with van der Waals surface area (Å²) in [5.74, 6) is 1.90. The zero-order chi connectivity index (χ0) is 13.3. The quantitative estimate of drug-likeness (QED) is 0.850. The lowest BCUT2D eigenvalue weighted by Crippen LogP contribution is -2.36. The van der Waals surface area contributed by atoms with Crippen LogP contribution in [0.3, 0.4) is 0 Å². The van der Waals surface area contributed by atoms with Crippen LogP contribution in [-0.4, -0.2) is 12.1 Å². The fourth-order valence-electron chi connectivity index (χ4n) is 3.26. The van der Waals surface area contributed by atoms with E-state index in [4.69, 9.17) is 4.74 Å². The Balaban J connectivity index is 1.72. The highest BCUT2D eigenvalue weighted by molar-refractivity contribution is 5.56. The van der Waals surface area contributed by atoms with E-state index in [1.165, 1.54) is 49.8 Å². The molecule has 3 rings (SSSR count). The van der Waals surface area contributed by atoms with Crippen LogP contribution in [0.2, 0.25) is 0 Å². The average molecular weight is 259 g/mol. The predicted molar refractivity (Wildman–Crippen MR) is 79.9 cm³/mol. The van der Waals surface area contributed by atoms with Crippen molar-refractivity contribution < 1.29 is 4.74 Å². The third kappa shape index (κ3) is 2.88. The normalized spacial score (nSPS) is 30.3. The molecule has 1 aromatic rings. The van der Waals surface area contributed by atoms with Crippen LogP contribution in [0.4, 0.5) is 5.69 Å². The van der Waals surface area contributed by atoms with Crippen molar-refractivity contribution >= 4 is 5.69 Å². The molecule has 1 N–H and O–H groups in total. The van der Waals surface area contributed by atoms with Crippen molar-refractivity contribution in [3.8, 4) is 5.75 Å². The third-order valence-corrected chi connectivity index (χ3v) is 4.72. The Kier molecular flexibility index (Phi) is 3.42. The van der Waals surface area contributed by atoms with Gasteiger partial charge in [-0.05, 0) is 63.0 Å². The molecule has 0 amide bonds. The topological polar surface area (TPSA) is 21.3 Å². The largest absolute Gasteiger partial charge is 0.488 e. The van der Waals surface area contributed by atoms with Crippen LogP contribution in [0.15, 0.2) is 18.2 Å². The van der Waals surface area contributed by atoms with Gasteiger partial charge >= 0.3 is 0 Å². The molecule has 0 saturated heterocycles. The number of hydrogen-bond acceptors (Lipinski definition) is 2. The van der Waals surface area contributed by atoms with Gasteiger partial charge in [0, 0.05) is 18.3 Å². The van der Waals surface area contributed by atoms with Crippen LogP contribution in [0.1, 0.15) is 51.5 Å². The van der Waals surface area contributed by atoms with Gasteiger partial charge in [-0.25, -0.2) is 0 Å². The summed E-state index contributed by atoms with van der Waals surface area (Å²) in [6.07, 6.45) is 7.37. The van der Waals surface area contributed by atoms with E-state index in [1.807, 2.05) is 0 Å². The van der Waals surface area contributed by atoms with Crippen molar-refractivity contribution in [2.24, 2.45) is 5.92 Å². The molecule has 0 bridgehead atoms. The molecule has 104 valence electrons. The average Bonchev–Trinajstić information content (AvgIpc) is 2.42. The zero-order valence-electron chi connectivity index (χ0n) is 12.2. The van der Waals surface area contributed by atoms with Gasteiger partial charge in [0.1, 0.15) is 11.4 Å². The Morgan fingerprint density at radius 2 is 2.05 bits per heavy atom. The lowest BCUT2D eigenvalue weighted by Gasteiger charge is -2.37. The number of rotatable bonds is 2. The highest BCUT2D eigenvalue weighted by atomic mass is 16.5. The SMILES string of the molecule is CC1CCC(C)(Oc2ccc3c(c2)NCCC3)CC1. The number of aryl methyl sites for hydroxylation is 1. The van der Waals surface area contributed by atoms with E-state index in [2.05, 4.69) is 37.4 Å². The van der Waals surface area contributed by atoms with Crippen molar-refractivity contribution in [3.05, 3.63) is 23.8 Å². The molecular formula is C17H25NO. The van der Waals surface area contributed by atoms with Crippen molar-refractivity contribution in [1.82, 2.24) is 0 Å². The molecule has 1 fully saturated rings. The standard InChI is InChI=1S/C17H25NO/c1-13-7-9-17(2,10-8-13)19-15-6-5-14-4-3-11-18-16(14)12-15/h5-6,12-13,18H,3-4,7-11H2,1-2H3. The molecule has 1 heterocycles. The summed E-state index contributed by atoms with van der Waals surface area (Å²) in [5.41, 5.74) is 2.74. The Labute approximate surface area is 116 Å². The first-order chi connectivity index (χ1) is 9.15. The summed E-state index contributed by atoms with van der Waals surface area (Å²) in [7, 11) is 0. The summed E-state index contributed by atoms with van der Waals surface area (Å²) in [6.45, 7) is 5.71. The van der Waals surface area contributed by atoms with Gasteiger partial charge in [-0.3, -0.25) is 0 Å². The van der Waals surface area contributed by atoms with E-state index in [-0.39, 0.29) is 5.60 Å². The maximum absolute atomic E-state index is 6.32. The lowest BCUT2D eigenvalue weighted by molar-refractivity contribution is 0.0354. The van der Waals surface area contributed by atoms with Gasteiger partial charge in [0.2, 0.25) is 0 Å². The molecular weight excluding hydrogens is 234 g/mol. The Bertz CT molecular complexity index is 447. The highest BCUT2D eigenvalue weighted by Gasteiger charge is 2.31. The maximum Gasteiger partial charge on any atom is 0.122 e. The van der Waals surface area contributed by atoms with Crippen LogP contribution < -0.4 is 10.1 Å². The minimum absolute atomic E-state index is 0.0371. The van der Waals surface area contributed by atoms with E-state index >= 15 is 0 Å². The first-order valence-corrected chi connectivity index (χ1v) is 7.70. The van der Waals surface area contributed by atoms with E-state index in [0.717, 1.165) is 18.2 Å². The van der Waals surface area contributed by atoms with Crippen molar-refractivity contribution in [1.29, 1.82) is 0 Å². The number of fused-ring (bicyclic) bond motifs is 1. The second kappa shape index (κ2) is 5.07. The summed E-state index contributed by atoms with van der Waals surface area (Å²) >= 11 is 0. The van der Waals surface area contributed by atoms with Crippen LogP contribution in [0.5, 0.6) is 5.75 Å². The van der Waals surface area contributed by atoms with E-state index in [1.54, 1.807) is 0 Å². The van der Waals surface area contributed by atoms with Crippen molar-refractivity contribution in [2.75, 3.05) is 11.9 Å². The molecule has 0 spiro atoms. The minimum atomic E-state index is 0.0371. The minimum Gasteiger partial charge on any atom is -0.488 e. The van der Waals surface area contributed by atoms with Crippen LogP contribution in [-0.2, 0) is 6.42 Å². The first kappa shape index (κ1) is 12.8. The summed E-state index contributed by atoms with van der Waals surface area (Å²) < 4.78 is 6.32. The molecule has 2 nitrogen and oxygen atoms in total. The molecule has 0 radical (unpaired) electrons. The monoisotopic (exact) mass is 259 g/mol. The number of benzene rings is 1. The summed E-state index contributed by atoms with van der Waals surface area (Å²) in [6, 6.07) is 6.57. The van der Waals surface area contributed by atoms with Crippen molar-refractivity contribution in [3.63, 3.8) is 0 Å². The van der Waals surface area contributed by atoms with Crippen LogP contribution >= 0.6 is 0 Å². The van der Waals surface area contributed by atoms with Crippen molar-refractivity contribution in [2.45, 2.75) is 58.0 Å². The van der Waals surface area contributed by atoms with Gasteiger partial charge in [0.05, 0.1) is 0 Å².